The van der Waals surface area contributed by atoms with Crippen LogP contribution in [-0.4, -0.2) is 71.4 Å². The number of thiol groups is 1. The van der Waals surface area contributed by atoms with Gasteiger partial charge < -0.3 is 26.8 Å². The van der Waals surface area contributed by atoms with Gasteiger partial charge in [0.05, 0.1) is 12.1 Å². The first-order valence-electron chi connectivity index (χ1n) is 10.7. The Balaban J connectivity index is 2.93. The van der Waals surface area contributed by atoms with Crippen LogP contribution in [0.25, 0.3) is 0 Å². The molecule has 0 aliphatic rings. The minimum absolute atomic E-state index is 0.0901. The maximum Gasteiger partial charge on any atom is 0.326 e. The number of carbonyl (C=O) groups is 3. The second-order valence-corrected chi connectivity index (χ2v) is 9.33. The van der Waals surface area contributed by atoms with Gasteiger partial charge in [0.1, 0.15) is 6.04 Å². The molecule has 10 heteroatoms. The highest BCUT2D eigenvalue weighted by molar-refractivity contribution is 7.98. The molecule has 0 bridgehead atoms. The summed E-state index contributed by atoms with van der Waals surface area (Å²) in [6, 6.07) is 6.91. The fraction of sp³-hybridized carbons (Fsp3) is 0.591. The Kier molecular flexibility index (Phi) is 13.4. The normalized spacial score (nSPS) is 14.9. The van der Waals surface area contributed by atoms with Crippen LogP contribution in [0.3, 0.4) is 0 Å². The second-order valence-electron chi connectivity index (χ2n) is 7.98. The van der Waals surface area contributed by atoms with E-state index in [0.29, 0.717) is 25.1 Å². The van der Waals surface area contributed by atoms with Crippen LogP contribution in [0, 0.1) is 5.92 Å². The molecule has 6 N–H and O–H groups in total. The minimum Gasteiger partial charge on any atom is -0.480 e. The number of carboxylic acids is 1. The molecular formula is C22H36N4O4S2. The zero-order valence-corrected chi connectivity index (χ0v) is 20.6. The predicted octanol–water partition coefficient (Wildman–Crippen LogP) is 0.908. The van der Waals surface area contributed by atoms with E-state index >= 15 is 0 Å². The average molecular weight is 485 g/mol. The molecule has 180 valence electrons. The molecule has 4 atom stereocenters. The molecule has 0 radical (unpaired) electrons. The molecule has 2 amide bonds. The Morgan fingerprint density at radius 3 is 2.28 bits per heavy atom. The Morgan fingerprint density at radius 1 is 1.09 bits per heavy atom. The summed E-state index contributed by atoms with van der Waals surface area (Å²) in [5, 5.41) is 18.3. The number of benzene rings is 1. The third-order valence-corrected chi connectivity index (χ3v) is 6.11. The molecule has 0 aliphatic heterocycles. The monoisotopic (exact) mass is 484 g/mol. The number of carboxylic acid groups (broad SMARTS) is 1. The Bertz CT molecular complexity index is 721. The number of hydrogen-bond acceptors (Lipinski definition) is 7. The Labute approximate surface area is 200 Å². The topological polar surface area (TPSA) is 134 Å². The first-order chi connectivity index (χ1) is 15.2. The van der Waals surface area contributed by atoms with Crippen molar-refractivity contribution < 1.29 is 19.5 Å². The molecular weight excluding hydrogens is 448 g/mol. The van der Waals surface area contributed by atoms with Gasteiger partial charge in [-0.25, -0.2) is 4.79 Å². The number of amides is 2. The molecule has 0 fully saturated rings. The van der Waals surface area contributed by atoms with Gasteiger partial charge in [0.15, 0.2) is 0 Å². The largest absolute Gasteiger partial charge is 0.480 e. The van der Waals surface area contributed by atoms with Crippen LogP contribution < -0.4 is 21.7 Å². The van der Waals surface area contributed by atoms with Crippen molar-refractivity contribution in [2.75, 3.05) is 24.3 Å². The summed E-state index contributed by atoms with van der Waals surface area (Å²) in [6.45, 7) is 4.26. The zero-order chi connectivity index (χ0) is 24.1. The maximum atomic E-state index is 13.0. The minimum atomic E-state index is -1.06. The molecule has 32 heavy (non-hydrogen) atoms. The molecule has 0 saturated carbocycles. The summed E-state index contributed by atoms with van der Waals surface area (Å²) in [6.07, 6.45) is 2.61. The fourth-order valence-corrected chi connectivity index (χ4v) is 3.61. The van der Waals surface area contributed by atoms with E-state index in [1.807, 2.05) is 50.4 Å². The van der Waals surface area contributed by atoms with Gasteiger partial charge in [-0.1, -0.05) is 44.2 Å². The molecule has 1 aromatic rings. The molecule has 0 saturated heterocycles. The van der Waals surface area contributed by atoms with Crippen LogP contribution >= 0.6 is 24.4 Å². The highest BCUT2D eigenvalue weighted by atomic mass is 32.2. The summed E-state index contributed by atoms with van der Waals surface area (Å²) >= 11 is 5.59. The molecule has 1 aromatic carbocycles. The first-order valence-corrected chi connectivity index (χ1v) is 12.7. The van der Waals surface area contributed by atoms with Gasteiger partial charge in [0.2, 0.25) is 11.8 Å². The average Bonchev–Trinajstić information content (AvgIpc) is 2.77. The lowest BCUT2D eigenvalue weighted by atomic mass is 10.0. The van der Waals surface area contributed by atoms with Gasteiger partial charge in [-0.3, -0.25) is 9.59 Å². The summed E-state index contributed by atoms with van der Waals surface area (Å²) in [5.74, 6) is -0.793. The molecule has 0 spiro atoms. The van der Waals surface area contributed by atoms with Crippen molar-refractivity contribution in [1.29, 1.82) is 0 Å². The standard InChI is InChI=1S/C22H36N4O4S2/c1-14(2)19(26-20(27)16(23)13-31)12-24-18(11-15-7-5-4-6-8-15)21(28)25-17(22(29)30)9-10-32-3/h4-8,14,16-19,24,31H,9-13,23H2,1-3H3,(H,25,28)(H,26,27)(H,29,30)/t16-,17-,18-,19-/m0/s1. The fourth-order valence-electron chi connectivity index (χ4n) is 2.97. The lowest BCUT2D eigenvalue weighted by Gasteiger charge is -2.27. The number of hydrogen-bond donors (Lipinski definition) is 6. The van der Waals surface area contributed by atoms with Crippen LogP contribution in [0.2, 0.25) is 0 Å². The lowest BCUT2D eigenvalue weighted by Crippen LogP contribution is -2.56. The van der Waals surface area contributed by atoms with Crippen molar-refractivity contribution in [2.45, 2.75) is 50.9 Å². The van der Waals surface area contributed by atoms with Crippen molar-refractivity contribution in [2.24, 2.45) is 11.7 Å². The zero-order valence-electron chi connectivity index (χ0n) is 18.9. The van der Waals surface area contributed by atoms with E-state index < -0.39 is 24.1 Å². The molecule has 0 heterocycles. The van der Waals surface area contributed by atoms with E-state index in [-0.39, 0.29) is 29.5 Å². The van der Waals surface area contributed by atoms with Gasteiger partial charge >= 0.3 is 5.97 Å². The number of aliphatic carboxylic acids is 1. The third kappa shape index (κ3) is 10.2. The van der Waals surface area contributed by atoms with Crippen molar-refractivity contribution in [3.05, 3.63) is 35.9 Å². The van der Waals surface area contributed by atoms with Crippen LogP contribution in [0.15, 0.2) is 30.3 Å². The summed E-state index contributed by atoms with van der Waals surface area (Å²) in [7, 11) is 0. The van der Waals surface area contributed by atoms with E-state index in [4.69, 9.17) is 5.73 Å². The van der Waals surface area contributed by atoms with Crippen LogP contribution in [-0.2, 0) is 20.8 Å². The first kappa shape index (κ1) is 28.3. The van der Waals surface area contributed by atoms with Gasteiger partial charge in [-0.2, -0.15) is 24.4 Å². The van der Waals surface area contributed by atoms with E-state index in [1.165, 1.54) is 11.8 Å². The van der Waals surface area contributed by atoms with E-state index in [9.17, 15) is 19.5 Å². The number of carbonyl (C=O) groups excluding carboxylic acids is 2. The van der Waals surface area contributed by atoms with Crippen LogP contribution in [0.5, 0.6) is 0 Å². The van der Waals surface area contributed by atoms with Crippen LogP contribution in [0.1, 0.15) is 25.8 Å². The van der Waals surface area contributed by atoms with Crippen LogP contribution in [0.4, 0.5) is 0 Å². The van der Waals surface area contributed by atoms with Gasteiger partial charge in [-0.05, 0) is 36.3 Å². The molecule has 0 aromatic heterocycles. The van der Waals surface area contributed by atoms with Crippen molar-refractivity contribution in [3.8, 4) is 0 Å². The molecule has 0 unspecified atom stereocenters. The van der Waals surface area contributed by atoms with E-state index in [1.54, 1.807) is 0 Å². The smallest absolute Gasteiger partial charge is 0.326 e. The SMILES string of the molecule is CSCC[C@H](NC(=O)[C@H](Cc1ccccc1)NC[C@H](NC(=O)[C@@H](N)CS)C(C)C)C(=O)O. The molecule has 1 rings (SSSR count). The van der Waals surface area contributed by atoms with Gasteiger partial charge in [0.25, 0.3) is 0 Å². The Morgan fingerprint density at radius 2 is 1.75 bits per heavy atom. The maximum absolute atomic E-state index is 13.0. The predicted molar refractivity (Wildman–Crippen MR) is 133 cm³/mol. The number of nitrogens with two attached hydrogens (primary N) is 1. The number of rotatable bonds is 15. The van der Waals surface area contributed by atoms with Crippen molar-refractivity contribution >= 4 is 42.2 Å². The quantitative estimate of drug-likeness (QED) is 0.204. The summed E-state index contributed by atoms with van der Waals surface area (Å²) in [5.41, 5.74) is 6.71. The van der Waals surface area contributed by atoms with Gasteiger partial charge in [-0.15, -0.1) is 0 Å². The van der Waals surface area contributed by atoms with E-state index in [2.05, 4.69) is 28.6 Å². The third-order valence-electron chi connectivity index (χ3n) is 5.07. The summed E-state index contributed by atoms with van der Waals surface area (Å²) in [4.78, 5) is 36.8. The molecule has 8 nitrogen and oxygen atoms in total. The Hall–Kier alpha value is -1.75. The van der Waals surface area contributed by atoms with Gasteiger partial charge in [0, 0.05) is 18.3 Å². The second kappa shape index (κ2) is 15.2. The van der Waals surface area contributed by atoms with E-state index in [0.717, 1.165) is 5.56 Å². The number of thioether (sulfide) groups is 1. The number of nitrogens with one attached hydrogen (secondary N) is 3. The highest BCUT2D eigenvalue weighted by Crippen LogP contribution is 2.08. The highest BCUT2D eigenvalue weighted by Gasteiger charge is 2.27. The summed E-state index contributed by atoms with van der Waals surface area (Å²) < 4.78 is 0. The lowest BCUT2D eigenvalue weighted by molar-refractivity contribution is -0.142. The van der Waals surface area contributed by atoms with Crippen molar-refractivity contribution in [1.82, 2.24) is 16.0 Å². The van der Waals surface area contributed by atoms with Crippen molar-refractivity contribution in [3.63, 3.8) is 0 Å². The molecule has 0 aliphatic carbocycles.